The molecule has 16 heteroatoms. The number of anilines is 1. The lowest BCUT2D eigenvalue weighted by atomic mass is 10.0. The van der Waals surface area contributed by atoms with Crippen molar-refractivity contribution in [3.05, 3.63) is 112 Å². The molecule has 2 atom stereocenters. The molecule has 1 saturated heterocycles. The minimum absolute atomic E-state index is 0.0792. The second-order valence-corrected chi connectivity index (χ2v) is 13.5. The van der Waals surface area contributed by atoms with E-state index in [-0.39, 0.29) is 22.2 Å². The first-order chi connectivity index (χ1) is 21.9. The number of aromatic nitrogens is 3. The Morgan fingerprint density at radius 1 is 1.16 bits per heavy atom. The van der Waals surface area contributed by atoms with E-state index in [1.54, 1.807) is 17.7 Å². The van der Waals surface area contributed by atoms with E-state index in [1.807, 2.05) is 60.7 Å². The number of benzene rings is 2. The van der Waals surface area contributed by atoms with E-state index in [0.29, 0.717) is 11.3 Å². The summed E-state index contributed by atoms with van der Waals surface area (Å²) in [6.45, 7) is 0. The predicted molar refractivity (Wildman–Crippen MR) is 173 cm³/mol. The number of rotatable bonds is 10. The first-order valence-electron chi connectivity index (χ1n) is 13.3. The first-order valence-corrected chi connectivity index (χ1v) is 16.9. The van der Waals surface area contributed by atoms with Gasteiger partial charge in [-0.1, -0.05) is 82.1 Å². The zero-order chi connectivity index (χ0) is 31.3. The van der Waals surface area contributed by atoms with Crippen molar-refractivity contribution in [3.8, 4) is 0 Å². The smallest absolute Gasteiger partial charge is 0.356 e. The molecule has 4 aromatic rings. The fraction of sp³-hybridized carbons (Fsp3) is 0.138. The first kappa shape index (κ1) is 30.5. The van der Waals surface area contributed by atoms with Crippen LogP contribution in [0.4, 0.5) is 5.13 Å². The number of fused-ring (bicyclic) bond motifs is 1. The van der Waals surface area contributed by atoms with Gasteiger partial charge in [-0.05, 0) is 39.7 Å². The van der Waals surface area contributed by atoms with Gasteiger partial charge >= 0.3 is 5.97 Å². The van der Waals surface area contributed by atoms with Gasteiger partial charge in [-0.3, -0.25) is 14.5 Å². The molecule has 2 aromatic carbocycles. The van der Waals surface area contributed by atoms with Gasteiger partial charge in [0.15, 0.2) is 16.9 Å². The molecule has 2 aliphatic heterocycles. The summed E-state index contributed by atoms with van der Waals surface area (Å²) < 4.78 is 10.9. The zero-order valence-electron chi connectivity index (χ0n) is 23.0. The molecular formula is C29H23N7O5S4. The van der Waals surface area contributed by atoms with Crippen LogP contribution in [0.3, 0.4) is 0 Å². The highest BCUT2D eigenvalue weighted by Gasteiger charge is 2.54. The van der Waals surface area contributed by atoms with Crippen molar-refractivity contribution in [2.45, 2.75) is 21.7 Å². The molecular weight excluding hydrogens is 655 g/mol. The van der Waals surface area contributed by atoms with Crippen LogP contribution >= 0.6 is 46.4 Å². The number of β-lactam (4-membered cyclic amide) rings is 1. The highest BCUT2D eigenvalue weighted by atomic mass is 32.2. The van der Waals surface area contributed by atoms with E-state index in [2.05, 4.69) is 25.0 Å². The number of thioether (sulfide) groups is 2. The number of carbonyl (C=O) groups excluding carboxylic acids is 3. The summed E-state index contributed by atoms with van der Waals surface area (Å²) >= 11 is 5.08. The number of carbonyl (C=O) groups is 3. The number of thiazole rings is 1. The maximum Gasteiger partial charge on any atom is 0.356 e. The number of nitrogens with zero attached hydrogens (tertiary/aromatic N) is 5. The van der Waals surface area contributed by atoms with Gasteiger partial charge in [-0.2, -0.15) is 0 Å². The molecule has 0 bridgehead atoms. The SMILES string of the molecule is Nc1nc(C(=NO)C(=O)N[C@@H]2C(=O)N3C(C(=O)OC(c4ccccc4)c4ccccc4)=C(/C=C\Sc4cnns4)CS[C@H]23)cs1. The van der Waals surface area contributed by atoms with Crippen LogP contribution in [0.5, 0.6) is 0 Å². The third-order valence-corrected chi connectivity index (χ3v) is 10.3. The molecule has 0 unspecified atom stereocenters. The fourth-order valence-corrected chi connectivity index (χ4v) is 7.77. The van der Waals surface area contributed by atoms with E-state index in [1.165, 1.54) is 45.3 Å². The van der Waals surface area contributed by atoms with Crippen LogP contribution in [-0.4, -0.2) is 65.3 Å². The third kappa shape index (κ3) is 6.49. The number of esters is 1. The van der Waals surface area contributed by atoms with Gasteiger partial charge in [-0.15, -0.1) is 28.2 Å². The molecule has 2 aromatic heterocycles. The molecule has 0 radical (unpaired) electrons. The van der Waals surface area contributed by atoms with Crippen LogP contribution in [0.15, 0.2) is 104 Å². The normalized spacial score (nSPS) is 18.2. The number of ether oxygens (including phenoxy) is 1. The summed E-state index contributed by atoms with van der Waals surface area (Å²) in [7, 11) is 0. The van der Waals surface area contributed by atoms with Crippen molar-refractivity contribution >= 4 is 75.0 Å². The molecule has 4 N–H and O–H groups in total. The molecule has 0 aliphatic carbocycles. The Bertz CT molecular complexity index is 1760. The van der Waals surface area contributed by atoms with Crippen LogP contribution in [0, 0.1) is 0 Å². The molecule has 0 spiro atoms. The Balaban J connectivity index is 1.28. The van der Waals surface area contributed by atoms with E-state index >= 15 is 0 Å². The van der Waals surface area contributed by atoms with Crippen molar-refractivity contribution in [2.24, 2.45) is 5.16 Å². The summed E-state index contributed by atoms with van der Waals surface area (Å²) in [5.74, 6) is -1.64. The molecule has 45 heavy (non-hydrogen) atoms. The Morgan fingerprint density at radius 2 is 1.87 bits per heavy atom. The largest absolute Gasteiger partial charge is 0.448 e. The zero-order valence-corrected chi connectivity index (χ0v) is 26.3. The standard InChI is InChI=1S/C29H23N7O5S4/c30-29-32-19(15-44-29)21(34-40)25(37)33-22-26(38)36-23(18(14-43-27(22)36)11-12-42-20-13-31-35-45-20)28(39)41-24(16-7-3-1-4-8-16)17-9-5-2-6-10-17/h1-13,15,22,24,27,40H,14H2,(H2,30,32)(H,33,37)/b12-11-,34-21?/t22-,27-/m1/s1. The maximum absolute atomic E-state index is 14.1. The highest BCUT2D eigenvalue weighted by molar-refractivity contribution is 8.03. The van der Waals surface area contributed by atoms with Gasteiger partial charge in [0.2, 0.25) is 0 Å². The van der Waals surface area contributed by atoms with Crippen LogP contribution in [-0.2, 0) is 19.1 Å². The van der Waals surface area contributed by atoms with Gasteiger partial charge in [0.1, 0.15) is 27.0 Å². The number of hydrogen-bond acceptors (Lipinski definition) is 14. The lowest BCUT2D eigenvalue weighted by molar-refractivity contribution is -0.154. The number of nitrogen functional groups attached to an aromatic ring is 1. The lowest BCUT2D eigenvalue weighted by Gasteiger charge is -2.49. The predicted octanol–water partition coefficient (Wildman–Crippen LogP) is 4.05. The quantitative estimate of drug-likeness (QED) is 0.0552. The third-order valence-electron chi connectivity index (χ3n) is 6.78. The number of oxime groups is 1. The van der Waals surface area contributed by atoms with E-state index in [9.17, 15) is 19.6 Å². The van der Waals surface area contributed by atoms with E-state index in [0.717, 1.165) is 26.7 Å². The van der Waals surface area contributed by atoms with Crippen molar-refractivity contribution in [2.75, 3.05) is 11.5 Å². The summed E-state index contributed by atoms with van der Waals surface area (Å²) in [5.41, 5.74) is 7.57. The minimum Gasteiger partial charge on any atom is -0.448 e. The van der Waals surface area contributed by atoms with Crippen LogP contribution in [0.1, 0.15) is 22.9 Å². The second kappa shape index (κ2) is 13.6. The lowest BCUT2D eigenvalue weighted by Crippen LogP contribution is -2.71. The van der Waals surface area contributed by atoms with Crippen molar-refractivity contribution in [3.63, 3.8) is 0 Å². The van der Waals surface area contributed by atoms with Gasteiger partial charge in [-0.25, -0.2) is 9.78 Å². The van der Waals surface area contributed by atoms with E-state index < -0.39 is 35.3 Å². The van der Waals surface area contributed by atoms with Crippen molar-refractivity contribution in [1.29, 1.82) is 0 Å². The number of hydrogen-bond donors (Lipinski definition) is 3. The summed E-state index contributed by atoms with van der Waals surface area (Å²) in [6, 6.07) is 17.7. The summed E-state index contributed by atoms with van der Waals surface area (Å²) in [5, 5.41) is 21.9. The van der Waals surface area contributed by atoms with Gasteiger partial charge in [0, 0.05) is 11.1 Å². The number of allylic oxidation sites excluding steroid dienone is 1. The van der Waals surface area contributed by atoms with Crippen LogP contribution in [0.25, 0.3) is 0 Å². The Morgan fingerprint density at radius 3 is 2.47 bits per heavy atom. The molecule has 6 rings (SSSR count). The summed E-state index contributed by atoms with van der Waals surface area (Å²) in [6.07, 6.45) is 2.67. The average molecular weight is 678 g/mol. The summed E-state index contributed by atoms with van der Waals surface area (Å²) in [4.78, 5) is 46.0. The number of nitrogens with one attached hydrogen (secondary N) is 1. The number of nitrogens with two attached hydrogens (primary N) is 1. The molecule has 12 nitrogen and oxygen atoms in total. The van der Waals surface area contributed by atoms with Crippen LogP contribution < -0.4 is 11.1 Å². The maximum atomic E-state index is 14.1. The van der Waals surface area contributed by atoms with Crippen molar-refractivity contribution in [1.82, 2.24) is 24.8 Å². The van der Waals surface area contributed by atoms with Crippen molar-refractivity contribution < 1.29 is 24.3 Å². The minimum atomic E-state index is -0.986. The molecule has 0 saturated carbocycles. The topological polar surface area (TPSA) is 173 Å². The van der Waals surface area contributed by atoms with Gasteiger partial charge in [0.25, 0.3) is 11.8 Å². The average Bonchev–Trinajstić information content (AvgIpc) is 3.75. The number of amides is 2. The second-order valence-electron chi connectivity index (χ2n) is 9.52. The van der Waals surface area contributed by atoms with Crippen LogP contribution in [0.2, 0.25) is 0 Å². The molecule has 1 fully saturated rings. The monoisotopic (exact) mass is 677 g/mol. The highest BCUT2D eigenvalue weighted by Crippen LogP contribution is 2.42. The Labute approximate surface area is 273 Å². The van der Waals surface area contributed by atoms with E-state index in [4.69, 9.17) is 10.5 Å². The Kier molecular flexibility index (Phi) is 9.25. The molecule has 228 valence electrons. The van der Waals surface area contributed by atoms with Gasteiger partial charge < -0.3 is 21.0 Å². The fourth-order valence-electron chi connectivity index (χ4n) is 4.72. The van der Waals surface area contributed by atoms with Gasteiger partial charge in [0.05, 0.1) is 6.20 Å². The molecule has 2 amide bonds. The molecule has 4 heterocycles. The Hall–Kier alpha value is -4.51. The molecule has 2 aliphatic rings.